The van der Waals surface area contributed by atoms with Gasteiger partial charge < -0.3 is 15.0 Å². The smallest absolute Gasteiger partial charge is 0.224 e. The molecule has 1 amide bonds. The summed E-state index contributed by atoms with van der Waals surface area (Å²) in [5, 5.41) is 3.07. The average Bonchev–Trinajstić information content (AvgIpc) is 2.75. The molecule has 0 radical (unpaired) electrons. The maximum atomic E-state index is 12.5. The third-order valence-corrected chi connectivity index (χ3v) is 5.04. The number of carbonyl (C=O) groups excluding carboxylic acids is 1. The standard InChI is InChI=1S/C25H28N2O2/c1-27(2)24(22-13-15-23(29-3)16-14-22)18-26-25(28)17-19-9-11-21(12-10-19)20-7-5-4-6-8-20/h4-16,24H,17-18H2,1-3H3,(H,26,28)/t24-/m0/s1. The number of carbonyl (C=O) groups is 1. The van der Waals surface area contributed by atoms with Crippen LogP contribution in [0, 0.1) is 0 Å². The molecule has 0 aliphatic heterocycles. The van der Waals surface area contributed by atoms with Crippen molar-refractivity contribution in [1.82, 2.24) is 10.2 Å². The molecule has 0 saturated heterocycles. The van der Waals surface area contributed by atoms with E-state index in [1.165, 1.54) is 5.56 Å². The van der Waals surface area contributed by atoms with Crippen molar-refractivity contribution in [3.05, 3.63) is 90.0 Å². The Morgan fingerprint density at radius 3 is 2.10 bits per heavy atom. The molecule has 0 heterocycles. The third-order valence-electron chi connectivity index (χ3n) is 5.04. The lowest BCUT2D eigenvalue weighted by Crippen LogP contribution is -2.35. The summed E-state index contributed by atoms with van der Waals surface area (Å²) in [7, 11) is 5.69. The molecule has 0 spiro atoms. The van der Waals surface area contributed by atoms with Crippen LogP contribution in [0.4, 0.5) is 0 Å². The van der Waals surface area contributed by atoms with Crippen LogP contribution in [0.2, 0.25) is 0 Å². The number of methoxy groups -OCH3 is 1. The lowest BCUT2D eigenvalue weighted by atomic mass is 10.0. The molecule has 0 unspecified atom stereocenters. The van der Waals surface area contributed by atoms with Crippen molar-refractivity contribution in [2.75, 3.05) is 27.7 Å². The molecule has 0 aliphatic rings. The van der Waals surface area contributed by atoms with Crippen molar-refractivity contribution in [3.8, 4) is 16.9 Å². The maximum Gasteiger partial charge on any atom is 0.224 e. The minimum absolute atomic E-state index is 0.0258. The van der Waals surface area contributed by atoms with Gasteiger partial charge in [-0.2, -0.15) is 0 Å². The second-order valence-electron chi connectivity index (χ2n) is 7.30. The van der Waals surface area contributed by atoms with Gasteiger partial charge in [-0.25, -0.2) is 0 Å². The molecule has 0 fully saturated rings. The van der Waals surface area contributed by atoms with Crippen LogP contribution in [-0.4, -0.2) is 38.6 Å². The molecule has 0 saturated carbocycles. The van der Waals surface area contributed by atoms with Gasteiger partial charge in [-0.3, -0.25) is 4.79 Å². The van der Waals surface area contributed by atoms with Crippen molar-refractivity contribution in [3.63, 3.8) is 0 Å². The summed E-state index contributed by atoms with van der Waals surface area (Å²) in [6.07, 6.45) is 0.373. The van der Waals surface area contributed by atoms with E-state index in [1.807, 2.05) is 68.7 Å². The average molecular weight is 389 g/mol. The molecule has 3 aromatic carbocycles. The zero-order valence-corrected chi connectivity index (χ0v) is 17.3. The Bertz CT molecular complexity index is 904. The van der Waals surface area contributed by atoms with E-state index in [4.69, 9.17) is 4.74 Å². The Morgan fingerprint density at radius 2 is 1.52 bits per heavy atom. The van der Waals surface area contributed by atoms with E-state index in [-0.39, 0.29) is 11.9 Å². The first-order valence-corrected chi connectivity index (χ1v) is 9.78. The second-order valence-corrected chi connectivity index (χ2v) is 7.30. The van der Waals surface area contributed by atoms with Gasteiger partial charge in [-0.15, -0.1) is 0 Å². The zero-order valence-electron chi connectivity index (χ0n) is 17.3. The molecule has 4 nitrogen and oxygen atoms in total. The first-order valence-electron chi connectivity index (χ1n) is 9.78. The quantitative estimate of drug-likeness (QED) is 0.625. The van der Waals surface area contributed by atoms with Crippen molar-refractivity contribution in [1.29, 1.82) is 0 Å². The predicted octanol–water partition coefficient (Wildman–Crippen LogP) is 4.32. The molecule has 1 N–H and O–H groups in total. The fourth-order valence-corrected chi connectivity index (χ4v) is 3.33. The highest BCUT2D eigenvalue weighted by Crippen LogP contribution is 2.21. The summed E-state index contributed by atoms with van der Waals surface area (Å²) < 4.78 is 5.23. The Balaban J connectivity index is 1.57. The van der Waals surface area contributed by atoms with Gasteiger partial charge in [0.15, 0.2) is 0 Å². The summed E-state index contributed by atoms with van der Waals surface area (Å²) in [6, 6.07) is 26.5. The number of nitrogens with zero attached hydrogens (tertiary/aromatic N) is 1. The van der Waals surface area contributed by atoms with Gasteiger partial charge in [0.25, 0.3) is 0 Å². The van der Waals surface area contributed by atoms with Crippen LogP contribution in [0.15, 0.2) is 78.9 Å². The first-order chi connectivity index (χ1) is 14.1. The second kappa shape index (κ2) is 9.89. The summed E-state index contributed by atoms with van der Waals surface area (Å²) in [5.74, 6) is 0.854. The maximum absolute atomic E-state index is 12.5. The molecule has 0 bridgehead atoms. The highest BCUT2D eigenvalue weighted by Gasteiger charge is 2.15. The minimum atomic E-state index is 0.0258. The summed E-state index contributed by atoms with van der Waals surface area (Å²) in [4.78, 5) is 14.6. The van der Waals surface area contributed by atoms with Crippen LogP contribution in [0.3, 0.4) is 0 Å². The summed E-state index contributed by atoms with van der Waals surface area (Å²) in [5.41, 5.74) is 4.48. The molecule has 0 aromatic heterocycles. The lowest BCUT2D eigenvalue weighted by molar-refractivity contribution is -0.120. The van der Waals surface area contributed by atoms with E-state index < -0.39 is 0 Å². The van der Waals surface area contributed by atoms with Crippen LogP contribution in [-0.2, 0) is 11.2 Å². The number of hydrogen-bond acceptors (Lipinski definition) is 3. The van der Waals surface area contributed by atoms with Crippen LogP contribution >= 0.6 is 0 Å². The zero-order chi connectivity index (χ0) is 20.6. The topological polar surface area (TPSA) is 41.6 Å². The molecule has 4 heteroatoms. The van der Waals surface area contributed by atoms with E-state index in [1.54, 1.807) is 7.11 Å². The number of nitrogens with one attached hydrogen (secondary N) is 1. The Labute approximate surface area is 173 Å². The normalized spacial score (nSPS) is 11.9. The summed E-state index contributed by atoms with van der Waals surface area (Å²) >= 11 is 0. The molecule has 29 heavy (non-hydrogen) atoms. The number of ether oxygens (including phenoxy) is 1. The number of amides is 1. The van der Waals surface area contributed by atoms with Crippen molar-refractivity contribution < 1.29 is 9.53 Å². The van der Waals surface area contributed by atoms with Gasteiger partial charge in [0, 0.05) is 6.54 Å². The van der Waals surface area contributed by atoms with Crippen LogP contribution in [0.5, 0.6) is 5.75 Å². The van der Waals surface area contributed by atoms with Gasteiger partial charge in [0.05, 0.1) is 19.6 Å². The van der Waals surface area contributed by atoms with Gasteiger partial charge in [0.2, 0.25) is 5.91 Å². The van der Waals surface area contributed by atoms with Crippen LogP contribution in [0.1, 0.15) is 17.2 Å². The molecular formula is C25H28N2O2. The number of benzene rings is 3. The predicted molar refractivity (Wildman–Crippen MR) is 118 cm³/mol. The van der Waals surface area contributed by atoms with Crippen LogP contribution < -0.4 is 10.1 Å². The minimum Gasteiger partial charge on any atom is -0.497 e. The van der Waals surface area contributed by atoms with Gasteiger partial charge in [0.1, 0.15) is 5.75 Å². The van der Waals surface area contributed by atoms with E-state index in [2.05, 4.69) is 34.5 Å². The fraction of sp³-hybridized carbons (Fsp3) is 0.240. The number of likely N-dealkylation sites (N-methyl/N-ethyl adjacent to an activating group) is 1. The Kier molecular flexibility index (Phi) is 7.04. The highest BCUT2D eigenvalue weighted by molar-refractivity contribution is 5.79. The molecule has 3 aromatic rings. The Morgan fingerprint density at radius 1 is 0.897 bits per heavy atom. The Hall–Kier alpha value is -3.11. The monoisotopic (exact) mass is 388 g/mol. The SMILES string of the molecule is COc1ccc([C@H](CNC(=O)Cc2ccc(-c3ccccc3)cc2)N(C)C)cc1. The van der Waals surface area contributed by atoms with Crippen molar-refractivity contribution in [2.24, 2.45) is 0 Å². The van der Waals surface area contributed by atoms with Gasteiger partial charge in [-0.05, 0) is 48.5 Å². The lowest BCUT2D eigenvalue weighted by Gasteiger charge is -2.25. The molecular weight excluding hydrogens is 360 g/mol. The third kappa shape index (κ3) is 5.69. The number of rotatable bonds is 8. The van der Waals surface area contributed by atoms with E-state index >= 15 is 0 Å². The fourth-order valence-electron chi connectivity index (χ4n) is 3.33. The highest BCUT2D eigenvalue weighted by atomic mass is 16.5. The molecule has 150 valence electrons. The van der Waals surface area contributed by atoms with Crippen molar-refractivity contribution >= 4 is 5.91 Å². The van der Waals surface area contributed by atoms with Gasteiger partial charge in [-0.1, -0.05) is 66.7 Å². The van der Waals surface area contributed by atoms with Gasteiger partial charge >= 0.3 is 0 Å². The van der Waals surface area contributed by atoms with Crippen molar-refractivity contribution in [2.45, 2.75) is 12.5 Å². The number of hydrogen-bond donors (Lipinski definition) is 1. The largest absolute Gasteiger partial charge is 0.497 e. The molecule has 0 aliphatic carbocycles. The first kappa shape index (κ1) is 20.6. The van der Waals surface area contributed by atoms with E-state index in [9.17, 15) is 4.79 Å². The summed E-state index contributed by atoms with van der Waals surface area (Å²) in [6.45, 7) is 0.556. The van der Waals surface area contributed by atoms with Crippen LogP contribution in [0.25, 0.3) is 11.1 Å². The molecule has 3 rings (SSSR count). The van der Waals surface area contributed by atoms with E-state index in [0.717, 1.165) is 22.4 Å². The van der Waals surface area contributed by atoms with E-state index in [0.29, 0.717) is 13.0 Å². The molecule has 1 atom stereocenters.